The molecular weight excluding hydrogens is 124 g/mol. The molecule has 0 unspecified atom stereocenters. The smallest absolute Gasteiger partial charge is 0.0639 e. The zero-order valence-corrected chi connectivity index (χ0v) is 5.78. The van der Waals surface area contributed by atoms with Gasteiger partial charge in [-0.3, -0.25) is 0 Å². The van der Waals surface area contributed by atoms with Crippen molar-refractivity contribution in [1.29, 1.82) is 0 Å². The minimum absolute atomic E-state index is 0.150. The van der Waals surface area contributed by atoms with E-state index in [1.54, 1.807) is 0 Å². The fourth-order valence-electron chi connectivity index (χ4n) is 0.366. The summed E-state index contributed by atoms with van der Waals surface area (Å²) < 4.78 is 0. The van der Waals surface area contributed by atoms with Gasteiger partial charge in [0.05, 0.1) is 6.61 Å². The largest absolute Gasteiger partial charge is 0.392 e. The first-order chi connectivity index (χ1) is 3.81. The van der Waals surface area contributed by atoms with Gasteiger partial charge in [-0.25, -0.2) is 0 Å². The molecule has 48 valence electrons. The van der Waals surface area contributed by atoms with Gasteiger partial charge in [-0.15, -0.1) is 11.6 Å². The van der Waals surface area contributed by atoms with Crippen LogP contribution in [0.2, 0.25) is 0 Å². The maximum atomic E-state index is 8.45. The molecule has 0 fully saturated rings. The van der Waals surface area contributed by atoms with Crippen molar-refractivity contribution in [3.63, 3.8) is 0 Å². The lowest BCUT2D eigenvalue weighted by Gasteiger charge is -1.90. The molecule has 0 aliphatic carbocycles. The zero-order valence-electron chi connectivity index (χ0n) is 5.02. The molecule has 0 aliphatic rings. The highest BCUT2D eigenvalue weighted by atomic mass is 35.5. The second-order valence-corrected chi connectivity index (χ2v) is 2.06. The van der Waals surface area contributed by atoms with Crippen molar-refractivity contribution in [2.45, 2.75) is 13.3 Å². The van der Waals surface area contributed by atoms with Crippen LogP contribution in [0.25, 0.3) is 0 Å². The van der Waals surface area contributed by atoms with Gasteiger partial charge in [0.2, 0.25) is 0 Å². The number of rotatable bonds is 3. The maximum absolute atomic E-state index is 8.45. The SMILES string of the molecule is C/C(=C\CCCl)CO. The van der Waals surface area contributed by atoms with Crippen LogP contribution in [0.4, 0.5) is 0 Å². The Labute approximate surface area is 55.0 Å². The Bertz CT molecular complexity index is 78.6. The summed E-state index contributed by atoms with van der Waals surface area (Å²) in [5.74, 6) is 0.636. The van der Waals surface area contributed by atoms with E-state index in [1.807, 2.05) is 13.0 Å². The van der Waals surface area contributed by atoms with Crippen molar-refractivity contribution >= 4 is 11.6 Å². The lowest BCUT2D eigenvalue weighted by Crippen LogP contribution is -1.83. The second-order valence-electron chi connectivity index (χ2n) is 1.69. The van der Waals surface area contributed by atoms with E-state index in [2.05, 4.69) is 0 Å². The van der Waals surface area contributed by atoms with E-state index in [0.29, 0.717) is 5.88 Å². The molecule has 0 saturated carbocycles. The molecule has 0 spiro atoms. The van der Waals surface area contributed by atoms with Gasteiger partial charge in [0.1, 0.15) is 0 Å². The van der Waals surface area contributed by atoms with Crippen LogP contribution in [-0.4, -0.2) is 17.6 Å². The maximum Gasteiger partial charge on any atom is 0.0639 e. The predicted octanol–water partition coefficient (Wildman–Crippen LogP) is 1.55. The molecule has 0 aromatic heterocycles. The van der Waals surface area contributed by atoms with Gasteiger partial charge in [-0.05, 0) is 13.3 Å². The summed E-state index contributed by atoms with van der Waals surface area (Å²) in [6.07, 6.45) is 2.79. The highest BCUT2D eigenvalue weighted by Gasteiger charge is 1.81. The molecule has 0 rings (SSSR count). The average Bonchev–Trinajstić information content (AvgIpc) is 1.83. The van der Waals surface area contributed by atoms with Crippen molar-refractivity contribution in [3.8, 4) is 0 Å². The molecular formula is C6H11ClO. The van der Waals surface area contributed by atoms with Crippen LogP contribution in [0.3, 0.4) is 0 Å². The zero-order chi connectivity index (χ0) is 6.41. The van der Waals surface area contributed by atoms with Gasteiger partial charge in [0, 0.05) is 5.88 Å². The van der Waals surface area contributed by atoms with E-state index < -0.39 is 0 Å². The topological polar surface area (TPSA) is 20.2 Å². The standard InChI is InChI=1S/C6H11ClO/c1-6(5-8)3-2-4-7/h3,8H,2,4-5H2,1H3/b6-3+. The number of aliphatic hydroxyl groups excluding tert-OH is 1. The van der Waals surface area contributed by atoms with Crippen molar-refractivity contribution < 1.29 is 5.11 Å². The normalized spacial score (nSPS) is 12.1. The van der Waals surface area contributed by atoms with Crippen LogP contribution >= 0.6 is 11.6 Å². The Kier molecular flexibility index (Phi) is 5.13. The lowest BCUT2D eigenvalue weighted by atomic mass is 10.3. The number of aliphatic hydroxyl groups is 1. The summed E-state index contributed by atoms with van der Waals surface area (Å²) in [4.78, 5) is 0. The number of alkyl halides is 1. The molecule has 1 N–H and O–H groups in total. The average molecular weight is 135 g/mol. The number of hydrogen-bond donors (Lipinski definition) is 1. The molecule has 8 heavy (non-hydrogen) atoms. The molecule has 0 heterocycles. The van der Waals surface area contributed by atoms with Gasteiger partial charge in [0.15, 0.2) is 0 Å². The molecule has 0 amide bonds. The summed E-state index contributed by atoms with van der Waals surface area (Å²) in [5.41, 5.74) is 0.991. The first-order valence-electron chi connectivity index (χ1n) is 2.63. The van der Waals surface area contributed by atoms with Gasteiger partial charge >= 0.3 is 0 Å². The third-order valence-electron chi connectivity index (χ3n) is 0.851. The Balaban J connectivity index is 3.26. The van der Waals surface area contributed by atoms with Gasteiger partial charge < -0.3 is 5.11 Å². The van der Waals surface area contributed by atoms with Crippen LogP contribution in [0.5, 0.6) is 0 Å². The first-order valence-corrected chi connectivity index (χ1v) is 3.17. The Morgan fingerprint density at radius 2 is 2.38 bits per heavy atom. The predicted molar refractivity (Wildman–Crippen MR) is 36.2 cm³/mol. The molecule has 2 heteroatoms. The Morgan fingerprint density at radius 3 is 2.75 bits per heavy atom. The van der Waals surface area contributed by atoms with E-state index in [-0.39, 0.29) is 6.61 Å². The molecule has 0 bridgehead atoms. The molecule has 0 aliphatic heterocycles. The molecule has 1 nitrogen and oxygen atoms in total. The van der Waals surface area contributed by atoms with Gasteiger partial charge in [-0.1, -0.05) is 11.6 Å². The highest BCUT2D eigenvalue weighted by Crippen LogP contribution is 1.93. The van der Waals surface area contributed by atoms with Crippen molar-refractivity contribution in [2.75, 3.05) is 12.5 Å². The summed E-state index contributed by atoms with van der Waals surface area (Å²) >= 11 is 5.38. The molecule has 0 aromatic carbocycles. The summed E-state index contributed by atoms with van der Waals surface area (Å²) in [6.45, 7) is 2.03. The van der Waals surface area contributed by atoms with Gasteiger partial charge in [-0.2, -0.15) is 0 Å². The fourth-order valence-corrected chi connectivity index (χ4v) is 0.475. The van der Waals surface area contributed by atoms with Crippen LogP contribution in [0.15, 0.2) is 11.6 Å². The van der Waals surface area contributed by atoms with E-state index in [1.165, 1.54) is 0 Å². The number of hydrogen-bond acceptors (Lipinski definition) is 1. The van der Waals surface area contributed by atoms with Crippen LogP contribution in [-0.2, 0) is 0 Å². The second kappa shape index (κ2) is 5.13. The highest BCUT2D eigenvalue weighted by molar-refractivity contribution is 6.17. The van der Waals surface area contributed by atoms with E-state index in [4.69, 9.17) is 16.7 Å². The number of halogens is 1. The van der Waals surface area contributed by atoms with Crippen LogP contribution in [0.1, 0.15) is 13.3 Å². The molecule has 0 radical (unpaired) electrons. The Morgan fingerprint density at radius 1 is 1.75 bits per heavy atom. The van der Waals surface area contributed by atoms with Crippen molar-refractivity contribution in [2.24, 2.45) is 0 Å². The number of allylic oxidation sites excluding steroid dienone is 1. The fraction of sp³-hybridized carbons (Fsp3) is 0.667. The minimum atomic E-state index is 0.150. The minimum Gasteiger partial charge on any atom is -0.392 e. The monoisotopic (exact) mass is 134 g/mol. The van der Waals surface area contributed by atoms with Gasteiger partial charge in [0.25, 0.3) is 0 Å². The van der Waals surface area contributed by atoms with E-state index >= 15 is 0 Å². The molecule has 0 saturated heterocycles. The molecule has 0 aromatic rings. The van der Waals surface area contributed by atoms with Crippen molar-refractivity contribution in [1.82, 2.24) is 0 Å². The van der Waals surface area contributed by atoms with Crippen LogP contribution in [0, 0.1) is 0 Å². The lowest BCUT2D eigenvalue weighted by molar-refractivity contribution is 0.331. The quantitative estimate of drug-likeness (QED) is 0.459. The van der Waals surface area contributed by atoms with E-state index in [0.717, 1.165) is 12.0 Å². The summed E-state index contributed by atoms with van der Waals surface area (Å²) in [5, 5.41) is 8.45. The first kappa shape index (κ1) is 7.99. The summed E-state index contributed by atoms with van der Waals surface area (Å²) in [7, 11) is 0. The van der Waals surface area contributed by atoms with Crippen molar-refractivity contribution in [3.05, 3.63) is 11.6 Å². The third-order valence-corrected chi connectivity index (χ3v) is 1.07. The Hall–Kier alpha value is -0.0100. The van der Waals surface area contributed by atoms with E-state index in [9.17, 15) is 0 Å². The van der Waals surface area contributed by atoms with Crippen LogP contribution < -0.4 is 0 Å². The third kappa shape index (κ3) is 4.16. The summed E-state index contributed by atoms with van der Waals surface area (Å²) in [6, 6.07) is 0. The molecule has 0 atom stereocenters.